The summed E-state index contributed by atoms with van der Waals surface area (Å²) in [5.41, 5.74) is 3.06. The lowest BCUT2D eigenvalue weighted by Crippen LogP contribution is -2.40. The summed E-state index contributed by atoms with van der Waals surface area (Å²) in [5.74, 6) is 0.531. The van der Waals surface area contributed by atoms with Gasteiger partial charge in [-0.1, -0.05) is 42.5 Å². The second-order valence-electron chi connectivity index (χ2n) is 7.61. The molecule has 1 aliphatic heterocycles. The third kappa shape index (κ3) is 5.24. The van der Waals surface area contributed by atoms with Gasteiger partial charge in [-0.05, 0) is 30.3 Å². The Bertz CT molecular complexity index is 1210. The lowest BCUT2D eigenvalue weighted by atomic mass is 10.1. The summed E-state index contributed by atoms with van der Waals surface area (Å²) >= 11 is 0. The highest BCUT2D eigenvalue weighted by Gasteiger charge is 2.21. The van der Waals surface area contributed by atoms with Crippen molar-refractivity contribution in [2.75, 3.05) is 38.7 Å². The van der Waals surface area contributed by atoms with Crippen molar-refractivity contribution in [1.82, 2.24) is 14.6 Å². The molecule has 1 saturated heterocycles. The molecule has 1 fully saturated rings. The van der Waals surface area contributed by atoms with Crippen molar-refractivity contribution in [2.45, 2.75) is 12.3 Å². The highest BCUT2D eigenvalue weighted by molar-refractivity contribution is 7.88. The molecule has 2 heterocycles. The van der Waals surface area contributed by atoms with Crippen LogP contribution in [0.2, 0.25) is 0 Å². The van der Waals surface area contributed by atoms with E-state index in [4.69, 9.17) is 4.74 Å². The molecule has 0 bridgehead atoms. The summed E-state index contributed by atoms with van der Waals surface area (Å²) in [6.07, 6.45) is 0. The van der Waals surface area contributed by atoms with Crippen LogP contribution >= 0.6 is 0 Å². The number of ether oxygens (including phenoxy) is 1. The predicted octanol–water partition coefficient (Wildman–Crippen LogP) is 2.37. The maximum atomic E-state index is 13.2. The number of sulfonamides is 1. The number of nitrogens with zero attached hydrogens (tertiary/aromatic N) is 2. The first-order chi connectivity index (χ1) is 15.4. The van der Waals surface area contributed by atoms with Gasteiger partial charge < -0.3 is 15.0 Å². The Kier molecular flexibility index (Phi) is 6.69. The zero-order valence-electron chi connectivity index (χ0n) is 17.9. The van der Waals surface area contributed by atoms with Gasteiger partial charge in [0.05, 0.1) is 30.0 Å². The van der Waals surface area contributed by atoms with Gasteiger partial charge in [0, 0.05) is 25.0 Å². The molecule has 0 saturated carbocycles. The second kappa shape index (κ2) is 9.64. The molecule has 168 valence electrons. The minimum atomic E-state index is -3.30. The van der Waals surface area contributed by atoms with Crippen LogP contribution in [0.1, 0.15) is 21.5 Å². The fraction of sp³-hybridized carbons (Fsp3) is 0.304. The van der Waals surface area contributed by atoms with Gasteiger partial charge in [0.2, 0.25) is 10.0 Å². The van der Waals surface area contributed by atoms with Gasteiger partial charge in [-0.2, -0.15) is 0 Å². The van der Waals surface area contributed by atoms with Crippen molar-refractivity contribution in [3.8, 4) is 0 Å². The molecular formula is C23H26N4O4S. The van der Waals surface area contributed by atoms with Crippen molar-refractivity contribution in [3.63, 3.8) is 0 Å². The molecule has 4 rings (SSSR count). The largest absolute Gasteiger partial charge is 0.378 e. The number of pyridine rings is 1. The number of nitrogens with one attached hydrogen (secondary N) is 2. The Morgan fingerprint density at radius 1 is 1.06 bits per heavy atom. The number of anilines is 1. The Morgan fingerprint density at radius 3 is 2.47 bits per heavy atom. The van der Waals surface area contributed by atoms with Crippen molar-refractivity contribution in [1.29, 1.82) is 0 Å². The van der Waals surface area contributed by atoms with E-state index >= 15 is 0 Å². The maximum absolute atomic E-state index is 13.2. The molecule has 3 aromatic rings. The summed E-state index contributed by atoms with van der Waals surface area (Å²) < 4.78 is 31.1. The zero-order valence-corrected chi connectivity index (χ0v) is 18.7. The van der Waals surface area contributed by atoms with Crippen molar-refractivity contribution in [2.24, 2.45) is 0 Å². The van der Waals surface area contributed by atoms with Crippen LogP contribution < -0.4 is 10.0 Å². The van der Waals surface area contributed by atoms with E-state index in [9.17, 15) is 13.2 Å². The van der Waals surface area contributed by atoms with Crippen LogP contribution in [0.15, 0.2) is 54.6 Å². The number of morpholine rings is 1. The molecule has 0 aliphatic carbocycles. The number of hydrogen-bond donors (Lipinski definition) is 2. The number of fused-ring (bicyclic) bond motifs is 1. The molecule has 1 aromatic heterocycles. The molecule has 2 N–H and O–H groups in total. The van der Waals surface area contributed by atoms with E-state index in [2.05, 4.69) is 15.0 Å². The lowest BCUT2D eigenvalue weighted by Gasteiger charge is -2.27. The van der Waals surface area contributed by atoms with Crippen LogP contribution in [0.3, 0.4) is 0 Å². The third-order valence-electron chi connectivity index (χ3n) is 5.41. The van der Waals surface area contributed by atoms with E-state index in [0.29, 0.717) is 49.8 Å². The highest BCUT2D eigenvalue weighted by atomic mass is 32.2. The number of amides is 1. The highest BCUT2D eigenvalue weighted by Crippen LogP contribution is 2.23. The fourth-order valence-corrected chi connectivity index (χ4v) is 4.39. The Labute approximate surface area is 187 Å². The van der Waals surface area contributed by atoms with Gasteiger partial charge in [0.15, 0.2) is 0 Å². The van der Waals surface area contributed by atoms with E-state index in [0.717, 1.165) is 16.5 Å². The molecule has 0 radical (unpaired) electrons. The first-order valence-corrected chi connectivity index (χ1v) is 12.1. The Balaban J connectivity index is 1.52. The van der Waals surface area contributed by atoms with Crippen LogP contribution in [-0.2, 0) is 27.1 Å². The fourth-order valence-electron chi connectivity index (χ4n) is 3.62. The first-order valence-electron chi connectivity index (χ1n) is 10.4. The molecule has 32 heavy (non-hydrogen) atoms. The number of carbonyl (C=O) groups is 1. The molecule has 8 nitrogen and oxygen atoms in total. The lowest BCUT2D eigenvalue weighted by molar-refractivity contribution is 0.0304. The van der Waals surface area contributed by atoms with E-state index in [1.807, 2.05) is 41.3 Å². The van der Waals surface area contributed by atoms with Gasteiger partial charge in [0.25, 0.3) is 5.91 Å². The molecule has 2 aromatic carbocycles. The molecule has 1 aliphatic rings. The number of para-hydroxylation sites is 1. The van der Waals surface area contributed by atoms with Gasteiger partial charge >= 0.3 is 0 Å². The number of rotatable bonds is 7. The van der Waals surface area contributed by atoms with Crippen LogP contribution in [0.5, 0.6) is 0 Å². The van der Waals surface area contributed by atoms with Gasteiger partial charge in [-0.25, -0.2) is 18.1 Å². The molecule has 9 heteroatoms. The minimum absolute atomic E-state index is 0.0231. The molecule has 0 unspecified atom stereocenters. The summed E-state index contributed by atoms with van der Waals surface area (Å²) in [5, 5.41) is 4.12. The van der Waals surface area contributed by atoms with Crippen LogP contribution in [0.4, 0.5) is 5.82 Å². The van der Waals surface area contributed by atoms with Crippen LogP contribution in [0.25, 0.3) is 10.9 Å². The average molecular weight is 455 g/mol. The van der Waals surface area contributed by atoms with E-state index < -0.39 is 10.0 Å². The minimum Gasteiger partial charge on any atom is -0.378 e. The zero-order chi connectivity index (χ0) is 22.6. The second-order valence-corrected chi connectivity index (χ2v) is 9.54. The number of aromatic nitrogens is 1. The smallest absolute Gasteiger partial charge is 0.254 e. The van der Waals surface area contributed by atoms with Gasteiger partial charge in [-0.15, -0.1) is 0 Å². The number of carbonyl (C=O) groups excluding carboxylic acids is 1. The topological polar surface area (TPSA) is 101 Å². The first kappa shape index (κ1) is 22.2. The summed E-state index contributed by atoms with van der Waals surface area (Å²) in [6, 6.07) is 16.8. The average Bonchev–Trinajstić information content (AvgIpc) is 2.83. The van der Waals surface area contributed by atoms with Crippen molar-refractivity contribution < 1.29 is 17.9 Å². The van der Waals surface area contributed by atoms with E-state index in [1.54, 1.807) is 18.2 Å². The summed E-state index contributed by atoms with van der Waals surface area (Å²) in [4.78, 5) is 19.7. The van der Waals surface area contributed by atoms with Crippen LogP contribution in [0, 0.1) is 0 Å². The monoisotopic (exact) mass is 454 g/mol. The van der Waals surface area contributed by atoms with Gasteiger partial charge in [-0.3, -0.25) is 4.79 Å². The van der Waals surface area contributed by atoms with Gasteiger partial charge in [0.1, 0.15) is 5.82 Å². The predicted molar refractivity (Wildman–Crippen MR) is 124 cm³/mol. The maximum Gasteiger partial charge on any atom is 0.254 e. The molecule has 0 spiro atoms. The van der Waals surface area contributed by atoms with E-state index in [-0.39, 0.29) is 11.7 Å². The molecule has 0 atom stereocenters. The SMILES string of the molecule is CNS(=O)(=O)Cc1ccc(CNc2cc(C(=O)N3CCOCC3)c3ccccc3n2)cc1. The quantitative estimate of drug-likeness (QED) is 0.569. The Morgan fingerprint density at radius 2 is 1.75 bits per heavy atom. The summed E-state index contributed by atoms with van der Waals surface area (Å²) in [7, 11) is -1.90. The van der Waals surface area contributed by atoms with E-state index in [1.165, 1.54) is 7.05 Å². The Hall–Kier alpha value is -3.01. The number of benzene rings is 2. The number of hydrogen-bond acceptors (Lipinski definition) is 6. The molecular weight excluding hydrogens is 428 g/mol. The summed E-state index contributed by atoms with van der Waals surface area (Å²) in [6.45, 7) is 2.74. The third-order valence-corrected chi connectivity index (χ3v) is 6.74. The molecule has 1 amide bonds. The van der Waals surface area contributed by atoms with Crippen molar-refractivity contribution in [3.05, 3.63) is 71.3 Å². The standard InChI is InChI=1S/C23H26N4O4S/c1-24-32(29,30)16-18-8-6-17(7-9-18)15-25-22-14-20(19-4-2-3-5-21(19)26-22)23(28)27-10-12-31-13-11-27/h2-9,14,24H,10-13,15-16H2,1H3,(H,25,26). The van der Waals surface area contributed by atoms with Crippen molar-refractivity contribution >= 4 is 32.7 Å². The van der Waals surface area contributed by atoms with Crippen LogP contribution in [-0.4, -0.2) is 57.6 Å². The normalized spacial score (nSPS) is 14.5.